The van der Waals surface area contributed by atoms with Crippen LogP contribution in [0.4, 0.5) is 0 Å². The Labute approximate surface area is 208 Å². The van der Waals surface area contributed by atoms with Crippen molar-refractivity contribution in [1.29, 1.82) is 0 Å². The fraction of sp³-hybridized carbons (Fsp3) is 0.103. The molecular weight excluding hydrogens is 454 g/mol. The van der Waals surface area contributed by atoms with Gasteiger partial charge in [-0.2, -0.15) is 5.10 Å². The van der Waals surface area contributed by atoms with Crippen LogP contribution in [0.15, 0.2) is 109 Å². The lowest BCUT2D eigenvalue weighted by Crippen LogP contribution is -2.31. The van der Waals surface area contributed by atoms with Crippen LogP contribution in [0.2, 0.25) is 0 Å². The molecule has 0 radical (unpaired) electrons. The summed E-state index contributed by atoms with van der Waals surface area (Å²) in [5, 5.41) is 10.1. The third-order valence-corrected chi connectivity index (χ3v) is 6.71. The van der Waals surface area contributed by atoms with Crippen LogP contribution < -0.4 is 10.1 Å². The molecule has 6 heteroatoms. The number of nitrogens with one attached hydrogen (secondary N) is 1. The molecular formula is C29H25N3O2S. The van der Waals surface area contributed by atoms with Crippen LogP contribution in [0.5, 0.6) is 5.75 Å². The van der Waals surface area contributed by atoms with E-state index >= 15 is 0 Å². The average molecular weight is 480 g/mol. The van der Waals surface area contributed by atoms with Gasteiger partial charge >= 0.3 is 0 Å². The molecule has 1 amide bonds. The number of rotatable bonds is 8. The Morgan fingerprint density at radius 3 is 2.31 bits per heavy atom. The summed E-state index contributed by atoms with van der Waals surface area (Å²) in [5.74, 6) is 0.568. The average Bonchev–Trinajstić information content (AvgIpc) is 3.60. The molecule has 35 heavy (non-hydrogen) atoms. The molecule has 2 heterocycles. The first-order valence-corrected chi connectivity index (χ1v) is 12.3. The van der Waals surface area contributed by atoms with Gasteiger partial charge in [0.25, 0.3) is 5.91 Å². The zero-order valence-electron chi connectivity index (χ0n) is 19.3. The molecule has 0 saturated carbocycles. The summed E-state index contributed by atoms with van der Waals surface area (Å²) in [4.78, 5) is 14.7. The topological polar surface area (TPSA) is 56.2 Å². The second-order valence-electron chi connectivity index (χ2n) is 8.13. The van der Waals surface area contributed by atoms with Crippen LogP contribution in [-0.2, 0) is 6.42 Å². The summed E-state index contributed by atoms with van der Waals surface area (Å²) in [5.41, 5.74) is 4.24. The maximum absolute atomic E-state index is 13.7. The Hall–Kier alpha value is -4.16. The van der Waals surface area contributed by atoms with Crippen molar-refractivity contribution >= 4 is 17.2 Å². The summed E-state index contributed by atoms with van der Waals surface area (Å²) in [7, 11) is 1.63. The fourth-order valence-corrected chi connectivity index (χ4v) is 4.71. The maximum atomic E-state index is 13.7. The summed E-state index contributed by atoms with van der Waals surface area (Å²) in [6.45, 7) is 0. The van der Waals surface area contributed by atoms with Gasteiger partial charge in [0.2, 0.25) is 0 Å². The lowest BCUT2D eigenvalue weighted by atomic mass is 9.98. The van der Waals surface area contributed by atoms with Gasteiger partial charge in [-0.15, -0.1) is 11.3 Å². The lowest BCUT2D eigenvalue weighted by molar-refractivity contribution is 0.0928. The van der Waals surface area contributed by atoms with Crippen molar-refractivity contribution in [2.75, 3.05) is 7.11 Å². The first kappa shape index (κ1) is 22.6. The number of benzene rings is 3. The van der Waals surface area contributed by atoms with E-state index in [1.54, 1.807) is 23.1 Å². The van der Waals surface area contributed by atoms with E-state index in [-0.39, 0.29) is 11.9 Å². The van der Waals surface area contributed by atoms with Gasteiger partial charge in [0.1, 0.15) is 17.1 Å². The quantitative estimate of drug-likeness (QED) is 0.283. The van der Waals surface area contributed by atoms with E-state index < -0.39 is 0 Å². The largest absolute Gasteiger partial charge is 0.497 e. The van der Waals surface area contributed by atoms with E-state index in [0.717, 1.165) is 33.1 Å². The molecule has 0 fully saturated rings. The molecule has 0 aliphatic carbocycles. The van der Waals surface area contributed by atoms with Gasteiger partial charge in [-0.3, -0.25) is 4.79 Å². The minimum Gasteiger partial charge on any atom is -0.497 e. The fourth-order valence-electron chi connectivity index (χ4n) is 4.03. The third kappa shape index (κ3) is 5.18. The predicted molar refractivity (Wildman–Crippen MR) is 140 cm³/mol. The van der Waals surface area contributed by atoms with Crippen molar-refractivity contribution in [1.82, 2.24) is 15.1 Å². The Morgan fingerprint density at radius 1 is 0.943 bits per heavy atom. The Morgan fingerprint density at radius 2 is 1.66 bits per heavy atom. The van der Waals surface area contributed by atoms with E-state index in [2.05, 4.69) is 17.4 Å². The highest BCUT2D eigenvalue weighted by Gasteiger charge is 2.22. The molecule has 174 valence electrons. The highest BCUT2D eigenvalue weighted by molar-refractivity contribution is 7.13. The van der Waals surface area contributed by atoms with Gasteiger partial charge in [-0.1, -0.05) is 66.7 Å². The van der Waals surface area contributed by atoms with Gasteiger partial charge in [0.15, 0.2) is 0 Å². The number of hydrogen-bond acceptors (Lipinski definition) is 4. The van der Waals surface area contributed by atoms with Crippen molar-refractivity contribution < 1.29 is 9.53 Å². The number of thiophene rings is 1. The monoisotopic (exact) mass is 479 g/mol. The number of carbonyl (C=O) groups excluding carboxylic acids is 1. The summed E-state index contributed by atoms with van der Waals surface area (Å²) < 4.78 is 7.00. The van der Waals surface area contributed by atoms with E-state index in [9.17, 15) is 4.79 Å². The number of hydrogen-bond donors (Lipinski definition) is 1. The number of aromatic nitrogens is 2. The normalized spacial score (nSPS) is 11.7. The number of methoxy groups -OCH3 is 1. The second-order valence-corrected chi connectivity index (χ2v) is 9.08. The Balaban J connectivity index is 1.51. The highest BCUT2D eigenvalue weighted by Crippen LogP contribution is 2.27. The van der Waals surface area contributed by atoms with Crippen molar-refractivity contribution in [2.45, 2.75) is 12.5 Å². The van der Waals surface area contributed by atoms with Crippen molar-refractivity contribution in [3.8, 4) is 22.0 Å². The van der Waals surface area contributed by atoms with Gasteiger partial charge in [0.05, 0.1) is 23.7 Å². The highest BCUT2D eigenvalue weighted by atomic mass is 32.1. The number of amides is 1. The number of nitrogens with zero attached hydrogens (tertiary/aromatic N) is 2. The van der Waals surface area contributed by atoms with Gasteiger partial charge < -0.3 is 10.1 Å². The smallest absolute Gasteiger partial charge is 0.270 e. The van der Waals surface area contributed by atoms with Crippen molar-refractivity contribution in [3.63, 3.8) is 0 Å². The molecule has 0 saturated heterocycles. The predicted octanol–water partition coefficient (Wildman–Crippen LogP) is 6.32. The molecule has 0 spiro atoms. The van der Waals surface area contributed by atoms with Gasteiger partial charge in [0, 0.05) is 0 Å². The van der Waals surface area contributed by atoms with Crippen molar-refractivity contribution in [2.24, 2.45) is 0 Å². The Bertz CT molecular complexity index is 1380. The number of ether oxygens (including phenoxy) is 1. The zero-order chi connectivity index (χ0) is 24.0. The van der Waals surface area contributed by atoms with Crippen LogP contribution in [0.3, 0.4) is 0 Å². The van der Waals surface area contributed by atoms with E-state index in [1.807, 2.05) is 96.4 Å². The standard InChI is InChI=1S/C29H25N3O2S/c1-34-24-16-14-23(15-17-24)32-27(20-26(31-32)28-13-8-18-35-28)29(33)30-25(22-11-6-3-7-12-22)19-21-9-4-2-5-10-21/h2-18,20,25H,19H2,1H3,(H,30,33). The van der Waals surface area contributed by atoms with Crippen LogP contribution in [0.25, 0.3) is 16.3 Å². The molecule has 5 nitrogen and oxygen atoms in total. The summed E-state index contributed by atoms with van der Waals surface area (Å²) in [6, 6.07) is 33.5. The molecule has 0 bridgehead atoms. The van der Waals surface area contributed by atoms with Crippen LogP contribution >= 0.6 is 11.3 Å². The summed E-state index contributed by atoms with van der Waals surface area (Å²) in [6.07, 6.45) is 0.686. The van der Waals surface area contributed by atoms with Crippen LogP contribution in [0, 0.1) is 0 Å². The molecule has 5 rings (SSSR count). The van der Waals surface area contributed by atoms with Crippen molar-refractivity contribution in [3.05, 3.63) is 125 Å². The first-order valence-electron chi connectivity index (χ1n) is 11.4. The summed E-state index contributed by atoms with van der Waals surface area (Å²) >= 11 is 1.60. The maximum Gasteiger partial charge on any atom is 0.270 e. The van der Waals surface area contributed by atoms with Gasteiger partial charge in [-0.05, 0) is 59.3 Å². The third-order valence-electron chi connectivity index (χ3n) is 5.82. The SMILES string of the molecule is COc1ccc(-n2nc(-c3cccs3)cc2C(=O)NC(Cc2ccccc2)c2ccccc2)cc1. The zero-order valence-corrected chi connectivity index (χ0v) is 20.1. The molecule has 1 N–H and O–H groups in total. The minimum atomic E-state index is -0.185. The minimum absolute atomic E-state index is 0.180. The van der Waals surface area contributed by atoms with E-state index in [1.165, 1.54) is 0 Å². The molecule has 3 aromatic carbocycles. The van der Waals surface area contributed by atoms with E-state index in [0.29, 0.717) is 12.1 Å². The molecule has 0 aliphatic heterocycles. The molecule has 2 aromatic heterocycles. The van der Waals surface area contributed by atoms with Crippen LogP contribution in [0.1, 0.15) is 27.7 Å². The molecule has 0 aliphatic rings. The van der Waals surface area contributed by atoms with Gasteiger partial charge in [-0.25, -0.2) is 4.68 Å². The van der Waals surface area contributed by atoms with Crippen LogP contribution in [-0.4, -0.2) is 22.8 Å². The first-order chi connectivity index (χ1) is 17.2. The number of carbonyl (C=O) groups is 1. The molecule has 1 atom stereocenters. The second kappa shape index (κ2) is 10.4. The Kier molecular flexibility index (Phi) is 6.73. The molecule has 5 aromatic rings. The van der Waals surface area contributed by atoms with E-state index in [4.69, 9.17) is 9.84 Å². The molecule has 1 unspecified atom stereocenters. The lowest BCUT2D eigenvalue weighted by Gasteiger charge is -2.20.